The lowest BCUT2D eigenvalue weighted by molar-refractivity contribution is -0.384. The van der Waals surface area contributed by atoms with Crippen LogP contribution in [0.2, 0.25) is 0 Å². The van der Waals surface area contributed by atoms with Crippen LogP contribution in [0.1, 0.15) is 12.0 Å². The van der Waals surface area contributed by atoms with Crippen LogP contribution in [-0.2, 0) is 11.2 Å². The highest BCUT2D eigenvalue weighted by atomic mass is 16.7. The average Bonchev–Trinajstić information content (AvgIpc) is 2.62. The Balaban J connectivity index is 1.44. The number of carbonyl (C=O) groups is 1. The first-order chi connectivity index (χ1) is 12.1. The highest BCUT2D eigenvalue weighted by Gasteiger charge is 2.12. The minimum absolute atomic E-state index is 0.0715. The number of nitro groups is 1. The molecule has 0 radical (unpaired) electrons. The van der Waals surface area contributed by atoms with Gasteiger partial charge in [0.25, 0.3) is 5.69 Å². The lowest BCUT2D eigenvalue weighted by atomic mass is 9.99. The molecule has 0 saturated heterocycles. The minimum atomic E-state index is -0.835. The summed E-state index contributed by atoms with van der Waals surface area (Å²) >= 11 is 0. The zero-order valence-electron chi connectivity index (χ0n) is 13.3. The molecule has 0 bridgehead atoms. The molecule has 7 heteroatoms. The molecule has 1 aliphatic rings. The quantitative estimate of drug-likeness (QED) is 0.382. The molecule has 0 amide bonds. The summed E-state index contributed by atoms with van der Waals surface area (Å²) in [5, 5.41) is 13.8. The summed E-state index contributed by atoms with van der Waals surface area (Å²) in [6.45, 7) is 0.196. The van der Waals surface area contributed by atoms with Crippen LogP contribution in [0.5, 0.6) is 5.75 Å². The largest absolute Gasteiger partial charge is 0.513 e. The van der Waals surface area contributed by atoms with Gasteiger partial charge >= 0.3 is 6.16 Å². The molecule has 1 aliphatic heterocycles. The van der Waals surface area contributed by atoms with Gasteiger partial charge in [-0.15, -0.1) is 0 Å². The van der Waals surface area contributed by atoms with E-state index in [2.05, 4.69) is 11.4 Å². The molecule has 128 valence electrons. The van der Waals surface area contributed by atoms with Crippen molar-refractivity contribution < 1.29 is 19.2 Å². The second-order valence-corrected chi connectivity index (χ2v) is 5.48. The van der Waals surface area contributed by atoms with Gasteiger partial charge in [-0.2, -0.15) is 0 Å². The molecule has 0 aliphatic carbocycles. The number of nitrogens with zero attached hydrogens (tertiary/aromatic N) is 1. The Kier molecular flexibility index (Phi) is 4.94. The van der Waals surface area contributed by atoms with Crippen molar-refractivity contribution in [2.24, 2.45) is 0 Å². The number of ether oxygens (including phenoxy) is 2. The average molecular weight is 340 g/mol. The zero-order valence-corrected chi connectivity index (χ0v) is 13.3. The normalized spacial score (nSPS) is 12.4. The summed E-state index contributed by atoms with van der Waals surface area (Å²) in [5.74, 6) is 0.197. The van der Waals surface area contributed by atoms with Gasteiger partial charge in [0, 0.05) is 30.4 Å². The van der Waals surface area contributed by atoms with E-state index < -0.39 is 11.1 Å². The molecular weight excluding hydrogens is 324 g/mol. The molecule has 2 aromatic carbocycles. The maximum absolute atomic E-state index is 11.7. The van der Waals surface area contributed by atoms with Crippen LogP contribution in [0.3, 0.4) is 0 Å². The number of benzene rings is 2. The fraction of sp³-hybridized carbons (Fsp3) is 0.167. The van der Waals surface area contributed by atoms with Gasteiger partial charge in [-0.3, -0.25) is 10.1 Å². The number of fused-ring (bicyclic) bond motifs is 1. The van der Waals surface area contributed by atoms with Crippen molar-refractivity contribution in [2.75, 3.05) is 11.9 Å². The second kappa shape index (κ2) is 7.48. The highest BCUT2D eigenvalue weighted by molar-refractivity contribution is 5.64. The molecule has 2 aromatic rings. The van der Waals surface area contributed by atoms with Crippen molar-refractivity contribution in [2.45, 2.75) is 12.8 Å². The predicted molar refractivity (Wildman–Crippen MR) is 91.5 cm³/mol. The van der Waals surface area contributed by atoms with E-state index in [9.17, 15) is 14.9 Å². The fourth-order valence-electron chi connectivity index (χ4n) is 2.48. The Morgan fingerprint density at radius 2 is 1.92 bits per heavy atom. The Bertz CT molecular complexity index is 814. The highest BCUT2D eigenvalue weighted by Crippen LogP contribution is 2.24. The van der Waals surface area contributed by atoms with Gasteiger partial charge in [0.1, 0.15) is 5.75 Å². The molecule has 25 heavy (non-hydrogen) atoms. The van der Waals surface area contributed by atoms with Crippen LogP contribution >= 0.6 is 0 Å². The summed E-state index contributed by atoms with van der Waals surface area (Å²) in [6, 6.07) is 13.3. The summed E-state index contributed by atoms with van der Waals surface area (Å²) < 4.78 is 10.0. The van der Waals surface area contributed by atoms with Gasteiger partial charge < -0.3 is 14.8 Å². The third-order valence-corrected chi connectivity index (χ3v) is 3.76. The number of nitrogens with one attached hydrogen (secondary N) is 1. The SMILES string of the molecule is O=C(OCCC1=CNc2ccccc2C1)Oc1ccc([N+](=O)[O-])cc1. The van der Waals surface area contributed by atoms with E-state index in [1.165, 1.54) is 29.8 Å². The predicted octanol–water partition coefficient (Wildman–Crippen LogP) is 4.05. The molecule has 0 saturated carbocycles. The molecule has 7 nitrogen and oxygen atoms in total. The van der Waals surface area contributed by atoms with Crippen molar-refractivity contribution in [1.29, 1.82) is 0 Å². The van der Waals surface area contributed by atoms with Crippen LogP contribution in [0.15, 0.2) is 60.3 Å². The van der Waals surface area contributed by atoms with Crippen LogP contribution in [-0.4, -0.2) is 17.7 Å². The number of anilines is 1. The summed E-state index contributed by atoms with van der Waals surface area (Å²) in [5.41, 5.74) is 3.35. The van der Waals surface area contributed by atoms with Crippen molar-refractivity contribution in [3.05, 3.63) is 76.0 Å². The van der Waals surface area contributed by atoms with Crippen LogP contribution in [0.25, 0.3) is 0 Å². The molecule has 0 aromatic heterocycles. The van der Waals surface area contributed by atoms with E-state index >= 15 is 0 Å². The van der Waals surface area contributed by atoms with Gasteiger partial charge in [0.15, 0.2) is 0 Å². The van der Waals surface area contributed by atoms with Crippen molar-refractivity contribution >= 4 is 17.5 Å². The lowest BCUT2D eigenvalue weighted by Crippen LogP contribution is -2.13. The van der Waals surface area contributed by atoms with Gasteiger partial charge in [-0.05, 0) is 35.8 Å². The monoisotopic (exact) mass is 340 g/mol. The van der Waals surface area contributed by atoms with E-state index in [0.29, 0.717) is 6.42 Å². The number of hydrogen-bond donors (Lipinski definition) is 1. The van der Waals surface area contributed by atoms with Gasteiger partial charge in [-0.25, -0.2) is 4.79 Å². The molecule has 0 fully saturated rings. The first-order valence-electron chi connectivity index (χ1n) is 7.73. The standard InChI is InChI=1S/C18H16N2O5/c21-18(25-16-7-5-15(6-8-16)20(22)23)24-10-9-13-11-14-3-1-2-4-17(14)19-12-13/h1-8,12,19H,9-11H2. The second-order valence-electron chi connectivity index (χ2n) is 5.48. The van der Waals surface area contributed by atoms with E-state index in [4.69, 9.17) is 9.47 Å². The summed E-state index contributed by atoms with van der Waals surface area (Å²) in [4.78, 5) is 21.7. The Morgan fingerprint density at radius 3 is 2.68 bits per heavy atom. The minimum Gasteiger partial charge on any atom is -0.434 e. The summed E-state index contributed by atoms with van der Waals surface area (Å²) in [6.07, 6.45) is 2.49. The number of nitro benzene ring substituents is 1. The smallest absolute Gasteiger partial charge is 0.434 e. The molecule has 1 N–H and O–H groups in total. The number of carbonyl (C=O) groups excluding carboxylic acids is 1. The maximum atomic E-state index is 11.7. The van der Waals surface area contributed by atoms with Crippen molar-refractivity contribution in [3.63, 3.8) is 0 Å². The third-order valence-electron chi connectivity index (χ3n) is 3.76. The van der Waals surface area contributed by atoms with Gasteiger partial charge in [0.05, 0.1) is 11.5 Å². The topological polar surface area (TPSA) is 90.7 Å². The van der Waals surface area contributed by atoms with Crippen LogP contribution < -0.4 is 10.1 Å². The molecule has 0 spiro atoms. The Morgan fingerprint density at radius 1 is 1.16 bits per heavy atom. The van der Waals surface area contributed by atoms with Crippen LogP contribution in [0.4, 0.5) is 16.2 Å². The number of para-hydroxylation sites is 1. The van der Waals surface area contributed by atoms with Gasteiger partial charge in [-0.1, -0.05) is 18.2 Å². The number of rotatable bonds is 5. The lowest BCUT2D eigenvalue weighted by Gasteiger charge is -2.18. The maximum Gasteiger partial charge on any atom is 0.513 e. The van der Waals surface area contributed by atoms with E-state index in [1.807, 2.05) is 24.4 Å². The van der Waals surface area contributed by atoms with Crippen LogP contribution in [0, 0.1) is 10.1 Å². The Labute approximate surface area is 144 Å². The first-order valence-corrected chi connectivity index (χ1v) is 7.73. The third kappa shape index (κ3) is 4.35. The summed E-state index contributed by atoms with van der Waals surface area (Å²) in [7, 11) is 0. The number of hydrogen-bond acceptors (Lipinski definition) is 6. The zero-order chi connectivity index (χ0) is 17.6. The van der Waals surface area contributed by atoms with E-state index in [1.54, 1.807) is 0 Å². The number of non-ortho nitro benzene ring substituents is 1. The molecule has 1 heterocycles. The first kappa shape index (κ1) is 16.5. The van der Waals surface area contributed by atoms with E-state index in [-0.39, 0.29) is 18.0 Å². The Hall–Kier alpha value is -3.35. The molecular formula is C18H16N2O5. The van der Waals surface area contributed by atoms with E-state index in [0.717, 1.165) is 17.7 Å². The molecule has 3 rings (SSSR count). The van der Waals surface area contributed by atoms with Gasteiger partial charge in [0.2, 0.25) is 0 Å². The molecule has 0 atom stereocenters. The van der Waals surface area contributed by atoms with Crippen molar-refractivity contribution in [3.8, 4) is 5.75 Å². The van der Waals surface area contributed by atoms with Crippen molar-refractivity contribution in [1.82, 2.24) is 0 Å². The fourth-order valence-corrected chi connectivity index (χ4v) is 2.48. The molecule has 0 unspecified atom stereocenters.